The summed E-state index contributed by atoms with van der Waals surface area (Å²) in [6.45, 7) is 5.43. The average Bonchev–Trinajstić information content (AvgIpc) is 2.45. The van der Waals surface area contributed by atoms with Gasteiger partial charge in [0.2, 0.25) is 0 Å². The standard InChI is InChI=1S/C15H24N2O2S2/c1-3-16-10-13-5-4-6-14(9-13)11-17-7-8-20-12-15(17)21(2,18)19/h4-6,9,15-16H,3,7-8,10-12H2,1-2H3. The molecule has 6 heteroatoms. The number of thioether (sulfide) groups is 1. The predicted molar refractivity (Wildman–Crippen MR) is 90.2 cm³/mol. The summed E-state index contributed by atoms with van der Waals surface area (Å²) in [4.78, 5) is 2.10. The summed E-state index contributed by atoms with van der Waals surface area (Å²) in [6, 6.07) is 8.41. The molecule has 4 nitrogen and oxygen atoms in total. The van der Waals surface area contributed by atoms with Crippen molar-refractivity contribution in [2.75, 3.05) is 30.9 Å². The Balaban J connectivity index is 2.08. The number of hydrogen-bond acceptors (Lipinski definition) is 5. The molecule has 1 aliphatic heterocycles. The Kier molecular flexibility index (Phi) is 6.10. The fourth-order valence-corrected chi connectivity index (χ4v) is 5.47. The lowest BCUT2D eigenvalue weighted by Crippen LogP contribution is -2.46. The fourth-order valence-electron chi connectivity index (χ4n) is 2.53. The van der Waals surface area contributed by atoms with E-state index in [9.17, 15) is 8.42 Å². The highest BCUT2D eigenvalue weighted by Gasteiger charge is 2.30. The number of nitrogens with one attached hydrogen (secondary N) is 1. The Bertz CT molecular complexity index is 561. The van der Waals surface area contributed by atoms with Crippen molar-refractivity contribution in [3.8, 4) is 0 Å². The van der Waals surface area contributed by atoms with Gasteiger partial charge in [0.1, 0.15) is 5.37 Å². The van der Waals surface area contributed by atoms with E-state index in [2.05, 4.69) is 41.4 Å². The number of benzene rings is 1. The van der Waals surface area contributed by atoms with Gasteiger partial charge in [-0.1, -0.05) is 31.2 Å². The Labute approximate surface area is 132 Å². The van der Waals surface area contributed by atoms with Crippen LogP contribution in [0, 0.1) is 0 Å². The highest BCUT2D eigenvalue weighted by molar-refractivity contribution is 8.00. The Hall–Kier alpha value is -0.560. The number of rotatable bonds is 6. The zero-order valence-electron chi connectivity index (χ0n) is 12.7. The molecule has 1 atom stereocenters. The molecule has 2 rings (SSSR count). The van der Waals surface area contributed by atoms with Crippen molar-refractivity contribution in [2.24, 2.45) is 0 Å². The van der Waals surface area contributed by atoms with E-state index in [1.54, 1.807) is 11.8 Å². The maximum atomic E-state index is 11.9. The van der Waals surface area contributed by atoms with Crippen LogP contribution in [0.25, 0.3) is 0 Å². The molecule has 0 saturated carbocycles. The minimum Gasteiger partial charge on any atom is -0.313 e. The van der Waals surface area contributed by atoms with Crippen molar-refractivity contribution in [1.29, 1.82) is 0 Å². The predicted octanol–water partition coefficient (Wildman–Crippen LogP) is 1.72. The lowest BCUT2D eigenvalue weighted by Gasteiger charge is -2.34. The first-order valence-corrected chi connectivity index (χ1v) is 10.4. The minimum atomic E-state index is -3.03. The summed E-state index contributed by atoms with van der Waals surface area (Å²) in [5.41, 5.74) is 2.43. The summed E-state index contributed by atoms with van der Waals surface area (Å²) in [7, 11) is -3.03. The topological polar surface area (TPSA) is 49.4 Å². The normalized spacial score (nSPS) is 20.6. The third-order valence-corrected chi connectivity index (χ3v) is 6.33. The number of nitrogens with zero attached hydrogens (tertiary/aromatic N) is 1. The second-order valence-electron chi connectivity index (χ2n) is 5.43. The van der Waals surface area contributed by atoms with Crippen LogP contribution in [0.5, 0.6) is 0 Å². The molecule has 1 heterocycles. The lowest BCUT2D eigenvalue weighted by molar-refractivity contribution is 0.262. The SMILES string of the molecule is CCNCc1cccc(CN2CCSCC2S(C)(=O)=O)c1. The maximum absolute atomic E-state index is 11.9. The van der Waals surface area contributed by atoms with Crippen molar-refractivity contribution in [3.05, 3.63) is 35.4 Å². The summed E-state index contributed by atoms with van der Waals surface area (Å²) in [5.74, 6) is 1.68. The van der Waals surface area contributed by atoms with Crippen molar-refractivity contribution in [1.82, 2.24) is 10.2 Å². The van der Waals surface area contributed by atoms with Crippen molar-refractivity contribution in [2.45, 2.75) is 25.4 Å². The van der Waals surface area contributed by atoms with Gasteiger partial charge < -0.3 is 5.32 Å². The van der Waals surface area contributed by atoms with Crippen LogP contribution in [0.1, 0.15) is 18.1 Å². The molecular formula is C15H24N2O2S2. The van der Waals surface area contributed by atoms with Gasteiger partial charge >= 0.3 is 0 Å². The van der Waals surface area contributed by atoms with Gasteiger partial charge in [-0.25, -0.2) is 8.42 Å². The smallest absolute Gasteiger partial charge is 0.164 e. The molecule has 0 aliphatic carbocycles. The highest BCUT2D eigenvalue weighted by atomic mass is 32.2. The Morgan fingerprint density at radius 3 is 2.86 bits per heavy atom. The van der Waals surface area contributed by atoms with E-state index in [0.29, 0.717) is 12.3 Å². The molecule has 0 bridgehead atoms. The molecule has 21 heavy (non-hydrogen) atoms. The molecule has 1 aromatic carbocycles. The van der Waals surface area contributed by atoms with Crippen LogP contribution in [0.15, 0.2) is 24.3 Å². The van der Waals surface area contributed by atoms with Crippen molar-refractivity contribution < 1.29 is 8.42 Å². The summed E-state index contributed by atoms with van der Waals surface area (Å²) in [5, 5.41) is 2.96. The molecule has 0 aromatic heterocycles. The van der Waals surface area contributed by atoms with E-state index >= 15 is 0 Å². The van der Waals surface area contributed by atoms with E-state index in [1.165, 1.54) is 17.4 Å². The van der Waals surface area contributed by atoms with Gasteiger partial charge in [0, 0.05) is 37.4 Å². The van der Waals surface area contributed by atoms with Gasteiger partial charge in [-0.05, 0) is 17.7 Å². The van der Waals surface area contributed by atoms with E-state index in [1.807, 2.05) is 0 Å². The largest absolute Gasteiger partial charge is 0.313 e. The summed E-state index contributed by atoms with van der Waals surface area (Å²) in [6.07, 6.45) is 1.35. The van der Waals surface area contributed by atoms with Crippen LogP contribution >= 0.6 is 11.8 Å². The second-order valence-corrected chi connectivity index (χ2v) is 8.78. The fraction of sp³-hybridized carbons (Fsp3) is 0.600. The van der Waals surface area contributed by atoms with E-state index in [-0.39, 0.29) is 5.37 Å². The minimum absolute atomic E-state index is 0.353. The molecule has 118 valence electrons. The third-order valence-electron chi connectivity index (χ3n) is 3.64. The van der Waals surface area contributed by atoms with E-state index in [0.717, 1.165) is 25.4 Å². The number of sulfone groups is 1. The molecule has 1 aliphatic rings. The Morgan fingerprint density at radius 1 is 1.38 bits per heavy atom. The Morgan fingerprint density at radius 2 is 2.14 bits per heavy atom. The van der Waals surface area contributed by atoms with Gasteiger partial charge in [0.25, 0.3) is 0 Å². The van der Waals surface area contributed by atoms with Crippen molar-refractivity contribution in [3.63, 3.8) is 0 Å². The van der Waals surface area contributed by atoms with Crippen molar-refractivity contribution >= 4 is 21.6 Å². The first-order valence-electron chi connectivity index (χ1n) is 7.30. The molecular weight excluding hydrogens is 304 g/mol. The lowest BCUT2D eigenvalue weighted by atomic mass is 10.1. The molecule has 1 aromatic rings. The zero-order chi connectivity index (χ0) is 15.3. The molecule has 1 fully saturated rings. The molecule has 1 saturated heterocycles. The molecule has 0 spiro atoms. The second kappa shape index (κ2) is 7.63. The molecule has 0 amide bonds. The monoisotopic (exact) mass is 328 g/mol. The van der Waals surface area contributed by atoms with E-state index < -0.39 is 9.84 Å². The molecule has 1 N–H and O–H groups in total. The quantitative estimate of drug-likeness (QED) is 0.862. The number of hydrogen-bond donors (Lipinski definition) is 1. The average molecular weight is 329 g/mol. The summed E-state index contributed by atoms with van der Waals surface area (Å²) < 4.78 is 23.9. The first-order chi connectivity index (χ1) is 10.0. The first kappa shape index (κ1) is 16.8. The van der Waals surface area contributed by atoms with Gasteiger partial charge in [0.15, 0.2) is 9.84 Å². The van der Waals surface area contributed by atoms with Crippen LogP contribution in [0.3, 0.4) is 0 Å². The highest BCUT2D eigenvalue weighted by Crippen LogP contribution is 2.22. The van der Waals surface area contributed by atoms with Crippen LogP contribution in [-0.2, 0) is 22.9 Å². The van der Waals surface area contributed by atoms with Gasteiger partial charge in [-0.2, -0.15) is 11.8 Å². The van der Waals surface area contributed by atoms with Gasteiger partial charge in [-0.3, -0.25) is 4.90 Å². The van der Waals surface area contributed by atoms with Crippen LogP contribution < -0.4 is 5.32 Å². The molecule has 1 unspecified atom stereocenters. The van der Waals surface area contributed by atoms with Gasteiger partial charge in [-0.15, -0.1) is 0 Å². The maximum Gasteiger partial charge on any atom is 0.164 e. The van der Waals surface area contributed by atoms with Gasteiger partial charge in [0.05, 0.1) is 0 Å². The zero-order valence-corrected chi connectivity index (χ0v) is 14.3. The third kappa shape index (κ3) is 4.98. The molecule has 0 radical (unpaired) electrons. The van der Waals surface area contributed by atoms with Crippen LogP contribution in [0.2, 0.25) is 0 Å². The summed E-state index contributed by atoms with van der Waals surface area (Å²) >= 11 is 1.73. The van der Waals surface area contributed by atoms with E-state index in [4.69, 9.17) is 0 Å². The van der Waals surface area contributed by atoms with Crippen LogP contribution in [-0.4, -0.2) is 49.5 Å². The van der Waals surface area contributed by atoms with Crippen LogP contribution in [0.4, 0.5) is 0 Å².